The molecule has 0 spiro atoms. The van der Waals surface area contributed by atoms with Crippen LogP contribution in [0, 0.1) is 11.8 Å². The number of rotatable bonds is 4. The van der Waals surface area contributed by atoms with Gasteiger partial charge >= 0.3 is 0 Å². The largest absolute Gasteiger partial charge is 0.325 e. The molecule has 1 saturated carbocycles. The van der Waals surface area contributed by atoms with Crippen molar-refractivity contribution in [2.24, 2.45) is 17.6 Å². The summed E-state index contributed by atoms with van der Waals surface area (Å²) in [5.74, 6) is 1.64. The monoisotopic (exact) mass is 197 g/mol. The van der Waals surface area contributed by atoms with Gasteiger partial charge in [0.15, 0.2) is 0 Å². The van der Waals surface area contributed by atoms with Crippen LogP contribution < -0.4 is 5.73 Å². The van der Waals surface area contributed by atoms with Crippen LogP contribution in [0.5, 0.6) is 0 Å². The normalized spacial score (nSPS) is 33.6. The quantitative estimate of drug-likeness (QED) is 0.730. The summed E-state index contributed by atoms with van der Waals surface area (Å²) in [5.41, 5.74) is 6.76. The zero-order valence-electron chi connectivity index (χ0n) is 10.2. The van der Waals surface area contributed by atoms with Gasteiger partial charge in [-0.05, 0) is 24.7 Å². The van der Waals surface area contributed by atoms with Crippen LogP contribution in [0.4, 0.5) is 0 Å². The molecule has 84 valence electrons. The highest BCUT2D eigenvalue weighted by Gasteiger charge is 2.36. The Morgan fingerprint density at radius 1 is 1.29 bits per heavy atom. The maximum absolute atomic E-state index is 6.59. The van der Waals surface area contributed by atoms with Crippen LogP contribution in [0.3, 0.4) is 0 Å². The van der Waals surface area contributed by atoms with Crippen molar-refractivity contribution in [3.8, 4) is 0 Å². The molecule has 0 aromatic heterocycles. The molecule has 0 heterocycles. The van der Waals surface area contributed by atoms with Crippen LogP contribution in [0.15, 0.2) is 0 Å². The fourth-order valence-electron chi connectivity index (χ4n) is 3.28. The zero-order valence-corrected chi connectivity index (χ0v) is 10.2. The molecule has 1 nitrogen and oxygen atoms in total. The standard InChI is InChI=1S/C13H27N/c1-4-11-8-7-9-13(14,10-11)12(5-2)6-3/h11-12H,4-10,14H2,1-3H3. The van der Waals surface area contributed by atoms with Crippen molar-refractivity contribution in [3.63, 3.8) is 0 Å². The maximum atomic E-state index is 6.59. The molecular weight excluding hydrogens is 170 g/mol. The second kappa shape index (κ2) is 5.16. The van der Waals surface area contributed by atoms with Crippen molar-refractivity contribution in [1.82, 2.24) is 0 Å². The summed E-state index contributed by atoms with van der Waals surface area (Å²) in [5, 5.41) is 0. The lowest BCUT2D eigenvalue weighted by Gasteiger charge is -2.43. The van der Waals surface area contributed by atoms with Crippen LogP contribution in [0.1, 0.15) is 65.7 Å². The van der Waals surface area contributed by atoms with E-state index in [1.807, 2.05) is 0 Å². The molecule has 2 atom stereocenters. The molecule has 1 rings (SSSR count). The predicted molar refractivity (Wildman–Crippen MR) is 63.2 cm³/mol. The molecule has 2 unspecified atom stereocenters. The van der Waals surface area contributed by atoms with E-state index >= 15 is 0 Å². The van der Waals surface area contributed by atoms with Gasteiger partial charge in [-0.25, -0.2) is 0 Å². The minimum absolute atomic E-state index is 0.169. The minimum Gasteiger partial charge on any atom is -0.325 e. The first-order valence-corrected chi connectivity index (χ1v) is 6.45. The lowest BCUT2D eigenvalue weighted by molar-refractivity contribution is 0.142. The van der Waals surface area contributed by atoms with Gasteiger partial charge in [-0.2, -0.15) is 0 Å². The molecule has 1 aliphatic carbocycles. The van der Waals surface area contributed by atoms with Gasteiger partial charge in [-0.15, -0.1) is 0 Å². The SMILES string of the molecule is CCC1CCCC(N)(C(CC)CC)C1. The van der Waals surface area contributed by atoms with Gasteiger partial charge in [0.2, 0.25) is 0 Å². The summed E-state index contributed by atoms with van der Waals surface area (Å²) < 4.78 is 0. The predicted octanol–water partition coefficient (Wildman–Crippen LogP) is 3.72. The van der Waals surface area contributed by atoms with E-state index in [0.717, 1.165) is 11.8 Å². The smallest absolute Gasteiger partial charge is 0.0185 e. The molecular formula is C13H27N. The third kappa shape index (κ3) is 2.50. The zero-order chi connectivity index (χ0) is 10.6. The van der Waals surface area contributed by atoms with E-state index in [1.165, 1.54) is 44.9 Å². The Hall–Kier alpha value is -0.0400. The molecule has 14 heavy (non-hydrogen) atoms. The Bertz CT molecular complexity index is 163. The molecule has 1 fully saturated rings. The Balaban J connectivity index is 2.61. The van der Waals surface area contributed by atoms with Crippen LogP contribution in [0.2, 0.25) is 0 Å². The highest BCUT2D eigenvalue weighted by atomic mass is 14.8. The fourth-order valence-corrected chi connectivity index (χ4v) is 3.28. The molecule has 0 amide bonds. The van der Waals surface area contributed by atoms with Gasteiger partial charge in [-0.1, -0.05) is 52.9 Å². The summed E-state index contributed by atoms with van der Waals surface area (Å²) in [4.78, 5) is 0. The molecule has 1 aliphatic rings. The molecule has 0 aromatic rings. The van der Waals surface area contributed by atoms with Gasteiger partial charge in [0.1, 0.15) is 0 Å². The van der Waals surface area contributed by atoms with Crippen molar-refractivity contribution in [3.05, 3.63) is 0 Å². The maximum Gasteiger partial charge on any atom is 0.0185 e. The summed E-state index contributed by atoms with van der Waals surface area (Å²) in [6, 6.07) is 0. The van der Waals surface area contributed by atoms with Crippen LogP contribution in [-0.4, -0.2) is 5.54 Å². The van der Waals surface area contributed by atoms with Crippen LogP contribution >= 0.6 is 0 Å². The first-order chi connectivity index (χ1) is 6.66. The fraction of sp³-hybridized carbons (Fsp3) is 1.00. The Morgan fingerprint density at radius 3 is 2.43 bits per heavy atom. The Labute approximate surface area is 89.5 Å². The van der Waals surface area contributed by atoms with Gasteiger partial charge in [0.25, 0.3) is 0 Å². The van der Waals surface area contributed by atoms with Gasteiger partial charge < -0.3 is 5.73 Å². The average Bonchev–Trinajstić information content (AvgIpc) is 2.19. The van der Waals surface area contributed by atoms with E-state index in [9.17, 15) is 0 Å². The first-order valence-electron chi connectivity index (χ1n) is 6.45. The second-order valence-electron chi connectivity index (χ2n) is 5.12. The van der Waals surface area contributed by atoms with E-state index in [1.54, 1.807) is 0 Å². The van der Waals surface area contributed by atoms with Crippen molar-refractivity contribution in [2.45, 2.75) is 71.3 Å². The molecule has 0 bridgehead atoms. The van der Waals surface area contributed by atoms with Crippen molar-refractivity contribution in [2.75, 3.05) is 0 Å². The lowest BCUT2D eigenvalue weighted by Crippen LogP contribution is -2.50. The summed E-state index contributed by atoms with van der Waals surface area (Å²) in [6.45, 7) is 6.89. The topological polar surface area (TPSA) is 26.0 Å². The van der Waals surface area contributed by atoms with Crippen LogP contribution in [0.25, 0.3) is 0 Å². The van der Waals surface area contributed by atoms with E-state index < -0.39 is 0 Å². The Morgan fingerprint density at radius 2 is 1.93 bits per heavy atom. The summed E-state index contributed by atoms with van der Waals surface area (Å²) in [7, 11) is 0. The molecule has 0 aliphatic heterocycles. The van der Waals surface area contributed by atoms with Crippen molar-refractivity contribution in [1.29, 1.82) is 0 Å². The number of nitrogens with two attached hydrogens (primary N) is 1. The van der Waals surface area contributed by atoms with Crippen LogP contribution in [-0.2, 0) is 0 Å². The van der Waals surface area contributed by atoms with E-state index in [2.05, 4.69) is 20.8 Å². The first kappa shape index (κ1) is 12.0. The van der Waals surface area contributed by atoms with Crippen molar-refractivity contribution >= 4 is 0 Å². The molecule has 2 N–H and O–H groups in total. The highest BCUT2D eigenvalue weighted by molar-refractivity contribution is 4.94. The lowest BCUT2D eigenvalue weighted by atomic mass is 9.67. The minimum atomic E-state index is 0.169. The third-order valence-electron chi connectivity index (χ3n) is 4.30. The van der Waals surface area contributed by atoms with Crippen molar-refractivity contribution < 1.29 is 0 Å². The molecule has 0 saturated heterocycles. The van der Waals surface area contributed by atoms with E-state index in [4.69, 9.17) is 5.73 Å². The average molecular weight is 197 g/mol. The molecule has 0 radical (unpaired) electrons. The third-order valence-corrected chi connectivity index (χ3v) is 4.30. The number of hydrogen-bond donors (Lipinski definition) is 1. The van der Waals surface area contributed by atoms with Gasteiger partial charge in [-0.3, -0.25) is 0 Å². The summed E-state index contributed by atoms with van der Waals surface area (Å²) >= 11 is 0. The second-order valence-corrected chi connectivity index (χ2v) is 5.12. The highest BCUT2D eigenvalue weighted by Crippen LogP contribution is 2.39. The van der Waals surface area contributed by atoms with Gasteiger partial charge in [0, 0.05) is 5.54 Å². The summed E-state index contributed by atoms with van der Waals surface area (Å²) in [6.07, 6.45) is 9.12. The van der Waals surface area contributed by atoms with Gasteiger partial charge in [0.05, 0.1) is 0 Å². The Kier molecular flexibility index (Phi) is 4.43. The van der Waals surface area contributed by atoms with E-state index in [0.29, 0.717) is 0 Å². The number of hydrogen-bond acceptors (Lipinski definition) is 1. The molecule has 1 heteroatoms. The molecule has 0 aromatic carbocycles. The van der Waals surface area contributed by atoms with E-state index in [-0.39, 0.29) is 5.54 Å².